The molecule has 2 heterocycles. The molecule has 29 heavy (non-hydrogen) atoms. The molecule has 0 radical (unpaired) electrons. The Morgan fingerprint density at radius 3 is 2.72 bits per heavy atom. The Hall–Kier alpha value is -3.45. The molecule has 0 saturated carbocycles. The summed E-state index contributed by atoms with van der Waals surface area (Å²) in [5.74, 6) is 1.05. The molecular formula is C22H24N6O. The van der Waals surface area contributed by atoms with Gasteiger partial charge in [0.15, 0.2) is 5.82 Å². The maximum atomic E-state index is 12.5. The fourth-order valence-corrected chi connectivity index (χ4v) is 3.38. The summed E-state index contributed by atoms with van der Waals surface area (Å²) in [6.07, 6.45) is 2.75. The molecule has 0 unspecified atom stereocenters. The van der Waals surface area contributed by atoms with E-state index in [2.05, 4.69) is 26.4 Å². The lowest BCUT2D eigenvalue weighted by atomic mass is 10.1. The first-order valence-electron chi connectivity index (χ1n) is 9.69. The third-order valence-electron chi connectivity index (χ3n) is 4.82. The van der Waals surface area contributed by atoms with Crippen LogP contribution in [0.1, 0.15) is 24.4 Å². The van der Waals surface area contributed by atoms with E-state index in [1.165, 1.54) is 10.9 Å². The topological polar surface area (TPSA) is 102 Å². The normalized spacial score (nSPS) is 12.2. The van der Waals surface area contributed by atoms with Crippen LogP contribution in [-0.4, -0.2) is 32.2 Å². The molecule has 0 saturated heterocycles. The second kappa shape index (κ2) is 8.28. The minimum absolute atomic E-state index is 0.0879. The van der Waals surface area contributed by atoms with Crippen LogP contribution in [0, 0.1) is 0 Å². The van der Waals surface area contributed by atoms with E-state index in [4.69, 9.17) is 5.73 Å². The zero-order chi connectivity index (χ0) is 20.2. The number of aromatic amines is 1. The van der Waals surface area contributed by atoms with Gasteiger partial charge in [-0.1, -0.05) is 48.5 Å². The monoisotopic (exact) mass is 388 g/mol. The SMILES string of the molecule is C[C@H](N)c1nc(-c2ccccc2)nn1CC(=O)NCCc1c[nH]c2ccccc12. The predicted molar refractivity (Wildman–Crippen MR) is 113 cm³/mol. The van der Waals surface area contributed by atoms with Crippen LogP contribution in [0.25, 0.3) is 22.3 Å². The highest BCUT2D eigenvalue weighted by Gasteiger charge is 2.17. The van der Waals surface area contributed by atoms with Gasteiger partial charge in [0, 0.05) is 29.2 Å². The Bertz CT molecular complexity index is 1110. The number of H-pyrrole nitrogens is 1. The molecule has 4 rings (SSSR count). The average molecular weight is 388 g/mol. The Morgan fingerprint density at radius 1 is 1.17 bits per heavy atom. The second-order valence-electron chi connectivity index (χ2n) is 7.07. The van der Waals surface area contributed by atoms with Gasteiger partial charge in [-0.2, -0.15) is 5.10 Å². The summed E-state index contributed by atoms with van der Waals surface area (Å²) in [6.45, 7) is 2.48. The highest BCUT2D eigenvalue weighted by atomic mass is 16.2. The summed E-state index contributed by atoms with van der Waals surface area (Å²) in [7, 11) is 0. The Balaban J connectivity index is 1.41. The molecule has 0 aliphatic heterocycles. The minimum Gasteiger partial charge on any atom is -0.361 e. The van der Waals surface area contributed by atoms with Crippen molar-refractivity contribution in [2.45, 2.75) is 25.9 Å². The van der Waals surface area contributed by atoms with E-state index in [1.807, 2.05) is 61.7 Å². The van der Waals surface area contributed by atoms with Gasteiger partial charge in [0.1, 0.15) is 12.4 Å². The smallest absolute Gasteiger partial charge is 0.241 e. The third-order valence-corrected chi connectivity index (χ3v) is 4.82. The van der Waals surface area contributed by atoms with Crippen molar-refractivity contribution in [3.8, 4) is 11.4 Å². The predicted octanol–water partition coefficient (Wildman–Crippen LogP) is 2.81. The Labute approximate surface area is 169 Å². The zero-order valence-corrected chi connectivity index (χ0v) is 16.3. The van der Waals surface area contributed by atoms with Crippen molar-refractivity contribution >= 4 is 16.8 Å². The first-order chi connectivity index (χ1) is 14.1. The number of carbonyl (C=O) groups excluding carboxylic acids is 1. The molecule has 1 amide bonds. The second-order valence-corrected chi connectivity index (χ2v) is 7.07. The molecule has 2 aromatic carbocycles. The van der Waals surface area contributed by atoms with Crippen LogP contribution in [0.2, 0.25) is 0 Å². The van der Waals surface area contributed by atoms with Gasteiger partial charge < -0.3 is 16.0 Å². The fourth-order valence-electron chi connectivity index (χ4n) is 3.38. The highest BCUT2D eigenvalue weighted by molar-refractivity contribution is 5.83. The molecule has 0 fully saturated rings. The van der Waals surface area contributed by atoms with E-state index < -0.39 is 0 Å². The van der Waals surface area contributed by atoms with E-state index in [0.717, 1.165) is 17.5 Å². The van der Waals surface area contributed by atoms with Gasteiger partial charge in [-0.25, -0.2) is 9.67 Å². The summed E-state index contributed by atoms with van der Waals surface area (Å²) in [5, 5.41) is 8.65. The number of rotatable bonds is 7. The number of para-hydroxylation sites is 1. The van der Waals surface area contributed by atoms with Gasteiger partial charge in [-0.15, -0.1) is 0 Å². The van der Waals surface area contributed by atoms with Crippen LogP contribution in [0.3, 0.4) is 0 Å². The van der Waals surface area contributed by atoms with Crippen LogP contribution >= 0.6 is 0 Å². The van der Waals surface area contributed by atoms with Crippen molar-refractivity contribution < 1.29 is 4.79 Å². The first-order valence-corrected chi connectivity index (χ1v) is 9.69. The van der Waals surface area contributed by atoms with Crippen molar-refractivity contribution in [3.05, 3.63) is 72.2 Å². The van der Waals surface area contributed by atoms with Gasteiger partial charge >= 0.3 is 0 Å². The van der Waals surface area contributed by atoms with Gasteiger partial charge in [-0.05, 0) is 25.0 Å². The fraction of sp³-hybridized carbons (Fsp3) is 0.227. The Morgan fingerprint density at radius 2 is 1.93 bits per heavy atom. The van der Waals surface area contributed by atoms with E-state index in [0.29, 0.717) is 18.2 Å². The number of benzene rings is 2. The maximum absolute atomic E-state index is 12.5. The molecule has 2 aromatic heterocycles. The number of nitrogens with zero attached hydrogens (tertiary/aromatic N) is 3. The number of aromatic nitrogens is 4. The summed E-state index contributed by atoms with van der Waals surface area (Å²) in [6, 6.07) is 17.5. The van der Waals surface area contributed by atoms with E-state index >= 15 is 0 Å². The third kappa shape index (κ3) is 4.20. The molecule has 0 aliphatic carbocycles. The number of hydrogen-bond donors (Lipinski definition) is 3. The molecule has 1 atom stereocenters. The van der Waals surface area contributed by atoms with Crippen molar-refractivity contribution in [1.82, 2.24) is 25.1 Å². The van der Waals surface area contributed by atoms with Gasteiger partial charge in [0.2, 0.25) is 5.91 Å². The molecule has 0 aliphatic rings. The van der Waals surface area contributed by atoms with Crippen LogP contribution in [0.4, 0.5) is 0 Å². The number of carbonyl (C=O) groups is 1. The highest BCUT2D eigenvalue weighted by Crippen LogP contribution is 2.19. The molecule has 0 spiro atoms. The first kappa shape index (κ1) is 18.9. The number of nitrogens with one attached hydrogen (secondary N) is 2. The minimum atomic E-state index is -0.320. The van der Waals surface area contributed by atoms with Crippen LogP contribution < -0.4 is 11.1 Å². The van der Waals surface area contributed by atoms with Crippen LogP contribution in [0.5, 0.6) is 0 Å². The number of hydrogen-bond acceptors (Lipinski definition) is 4. The molecule has 4 aromatic rings. The van der Waals surface area contributed by atoms with Crippen molar-refractivity contribution in [1.29, 1.82) is 0 Å². The molecule has 7 heteroatoms. The standard InChI is InChI=1S/C22H24N6O/c1-15(23)22-26-21(16-7-3-2-4-8-16)27-28(22)14-20(29)24-12-11-17-13-25-19-10-6-5-9-18(17)19/h2-10,13,15,25H,11-12,14,23H2,1H3,(H,24,29)/t15-/m0/s1. The van der Waals surface area contributed by atoms with Gasteiger partial charge in [0.25, 0.3) is 0 Å². The summed E-state index contributed by atoms with van der Waals surface area (Å²) >= 11 is 0. The Kier molecular flexibility index (Phi) is 5.39. The molecule has 0 bridgehead atoms. The lowest BCUT2D eigenvalue weighted by Gasteiger charge is -2.09. The number of fused-ring (bicyclic) bond motifs is 1. The lowest BCUT2D eigenvalue weighted by Crippen LogP contribution is -2.31. The van der Waals surface area contributed by atoms with Gasteiger partial charge in [0.05, 0.1) is 6.04 Å². The van der Waals surface area contributed by atoms with E-state index in [9.17, 15) is 4.79 Å². The van der Waals surface area contributed by atoms with Crippen molar-refractivity contribution in [2.24, 2.45) is 5.73 Å². The molecule has 4 N–H and O–H groups in total. The van der Waals surface area contributed by atoms with E-state index in [-0.39, 0.29) is 18.5 Å². The summed E-state index contributed by atoms with van der Waals surface area (Å²) in [4.78, 5) is 20.3. The molecular weight excluding hydrogens is 364 g/mol. The van der Waals surface area contributed by atoms with Crippen molar-refractivity contribution in [3.63, 3.8) is 0 Å². The van der Waals surface area contributed by atoms with Crippen LogP contribution in [-0.2, 0) is 17.8 Å². The summed E-state index contributed by atoms with van der Waals surface area (Å²) < 4.78 is 1.59. The zero-order valence-electron chi connectivity index (χ0n) is 16.3. The molecule has 148 valence electrons. The largest absolute Gasteiger partial charge is 0.361 e. The van der Waals surface area contributed by atoms with Gasteiger partial charge in [-0.3, -0.25) is 4.79 Å². The number of amides is 1. The average Bonchev–Trinajstić information content (AvgIpc) is 3.33. The summed E-state index contributed by atoms with van der Waals surface area (Å²) in [5.41, 5.74) is 9.22. The number of nitrogens with two attached hydrogens (primary N) is 1. The quantitative estimate of drug-likeness (QED) is 0.453. The van der Waals surface area contributed by atoms with Crippen LogP contribution in [0.15, 0.2) is 60.8 Å². The maximum Gasteiger partial charge on any atom is 0.241 e. The van der Waals surface area contributed by atoms with Crippen molar-refractivity contribution in [2.75, 3.05) is 6.54 Å². The van der Waals surface area contributed by atoms with E-state index in [1.54, 1.807) is 4.68 Å². The molecule has 7 nitrogen and oxygen atoms in total. The lowest BCUT2D eigenvalue weighted by molar-refractivity contribution is -0.121.